The first-order valence-electron chi connectivity index (χ1n) is 4.23. The fourth-order valence-electron chi connectivity index (χ4n) is 1.01. The molecule has 0 aliphatic heterocycles. The Bertz CT molecular complexity index is 482. The van der Waals surface area contributed by atoms with Crippen molar-refractivity contribution in [1.29, 1.82) is 0 Å². The van der Waals surface area contributed by atoms with E-state index in [-0.39, 0.29) is 11.3 Å². The van der Waals surface area contributed by atoms with Gasteiger partial charge in [-0.25, -0.2) is 9.59 Å². The number of rotatable bonds is 3. The molecule has 1 N–H and O–H groups in total. The Balaban J connectivity index is 3.17. The summed E-state index contributed by atoms with van der Waals surface area (Å²) in [6.07, 6.45) is -1.13. The lowest BCUT2D eigenvalue weighted by Crippen LogP contribution is -2.09. The summed E-state index contributed by atoms with van der Waals surface area (Å²) in [6, 6.07) is 2.88. The molecule has 0 saturated heterocycles. The molecule has 0 atom stereocenters. The Morgan fingerprint density at radius 1 is 1.41 bits per heavy atom. The molecular formula is C9H7NO7. The topological polar surface area (TPSA) is 116 Å². The van der Waals surface area contributed by atoms with E-state index in [1.54, 1.807) is 0 Å². The third-order valence-electron chi connectivity index (χ3n) is 1.76. The van der Waals surface area contributed by atoms with Crippen LogP contribution in [0.5, 0.6) is 5.75 Å². The molecule has 0 spiro atoms. The zero-order valence-corrected chi connectivity index (χ0v) is 8.58. The normalized spacial score (nSPS) is 9.47. The Hall–Kier alpha value is -2.64. The maximum Gasteiger partial charge on any atom is 0.513 e. The molecule has 0 unspecified atom stereocenters. The first-order valence-corrected chi connectivity index (χ1v) is 4.23. The molecule has 0 aliphatic rings. The van der Waals surface area contributed by atoms with Crippen LogP contribution in [0.3, 0.4) is 0 Å². The summed E-state index contributed by atoms with van der Waals surface area (Å²) in [5.74, 6) is -1.70. The third-order valence-corrected chi connectivity index (χ3v) is 1.76. The van der Waals surface area contributed by atoms with E-state index in [4.69, 9.17) is 5.11 Å². The highest BCUT2D eigenvalue weighted by molar-refractivity contribution is 5.89. The van der Waals surface area contributed by atoms with Crippen LogP contribution in [-0.4, -0.2) is 29.3 Å². The van der Waals surface area contributed by atoms with Gasteiger partial charge in [-0.1, -0.05) is 0 Å². The second-order valence-electron chi connectivity index (χ2n) is 2.80. The van der Waals surface area contributed by atoms with E-state index in [9.17, 15) is 19.7 Å². The molecular weight excluding hydrogens is 234 g/mol. The molecule has 0 aromatic heterocycles. The number of carbonyl (C=O) groups is 2. The van der Waals surface area contributed by atoms with Crippen LogP contribution >= 0.6 is 0 Å². The average molecular weight is 241 g/mol. The van der Waals surface area contributed by atoms with Crippen LogP contribution in [0.2, 0.25) is 0 Å². The summed E-state index contributed by atoms with van der Waals surface area (Å²) >= 11 is 0. The van der Waals surface area contributed by atoms with Gasteiger partial charge in [0.25, 0.3) is 0 Å². The summed E-state index contributed by atoms with van der Waals surface area (Å²) in [5.41, 5.74) is -0.913. The second kappa shape index (κ2) is 4.92. The molecule has 1 aromatic carbocycles. The van der Waals surface area contributed by atoms with Crippen LogP contribution in [0, 0.1) is 10.1 Å². The van der Waals surface area contributed by atoms with Crippen LogP contribution in [0.4, 0.5) is 10.5 Å². The van der Waals surface area contributed by atoms with E-state index in [0.29, 0.717) is 0 Å². The van der Waals surface area contributed by atoms with Crippen molar-refractivity contribution in [2.24, 2.45) is 0 Å². The predicted octanol–water partition coefficient (Wildman–Crippen LogP) is 1.44. The molecule has 0 radical (unpaired) electrons. The fraction of sp³-hybridized carbons (Fsp3) is 0.111. The Kier molecular flexibility index (Phi) is 3.60. The van der Waals surface area contributed by atoms with Crippen LogP contribution in [0.1, 0.15) is 10.4 Å². The summed E-state index contributed by atoms with van der Waals surface area (Å²) in [6.45, 7) is 0. The van der Waals surface area contributed by atoms with Crippen LogP contribution < -0.4 is 4.74 Å². The lowest BCUT2D eigenvalue weighted by Gasteiger charge is -2.03. The van der Waals surface area contributed by atoms with Crippen LogP contribution in [0.25, 0.3) is 0 Å². The Morgan fingerprint density at radius 2 is 2.06 bits per heavy atom. The third kappa shape index (κ3) is 2.91. The molecule has 0 aliphatic carbocycles. The number of hydrogen-bond acceptors (Lipinski definition) is 6. The number of ether oxygens (including phenoxy) is 2. The highest BCUT2D eigenvalue weighted by Gasteiger charge is 2.20. The molecule has 8 heteroatoms. The van der Waals surface area contributed by atoms with Crippen LogP contribution in [-0.2, 0) is 4.74 Å². The van der Waals surface area contributed by atoms with Gasteiger partial charge in [0.15, 0.2) is 0 Å². The van der Waals surface area contributed by atoms with Gasteiger partial charge < -0.3 is 14.6 Å². The average Bonchev–Trinajstić information content (AvgIpc) is 2.28. The van der Waals surface area contributed by atoms with Crippen molar-refractivity contribution in [2.75, 3.05) is 7.11 Å². The van der Waals surface area contributed by atoms with E-state index >= 15 is 0 Å². The SMILES string of the molecule is COC(=O)Oc1ccc(C(=O)O)cc1[N+](=O)[O-]. The van der Waals surface area contributed by atoms with E-state index in [1.807, 2.05) is 0 Å². The molecule has 0 fully saturated rings. The lowest BCUT2D eigenvalue weighted by molar-refractivity contribution is -0.385. The molecule has 0 bridgehead atoms. The van der Waals surface area contributed by atoms with Crippen molar-refractivity contribution in [1.82, 2.24) is 0 Å². The molecule has 1 rings (SSSR count). The minimum absolute atomic E-state index is 0.283. The summed E-state index contributed by atoms with van der Waals surface area (Å²) in [7, 11) is 1.04. The van der Waals surface area contributed by atoms with E-state index in [2.05, 4.69) is 9.47 Å². The lowest BCUT2D eigenvalue weighted by atomic mass is 10.2. The van der Waals surface area contributed by atoms with Gasteiger partial charge in [0, 0.05) is 6.07 Å². The molecule has 90 valence electrons. The maximum absolute atomic E-state index is 10.8. The molecule has 0 amide bonds. The van der Waals surface area contributed by atoms with Crippen molar-refractivity contribution in [3.05, 3.63) is 33.9 Å². The first-order chi connectivity index (χ1) is 7.95. The van der Waals surface area contributed by atoms with Gasteiger partial charge in [0.2, 0.25) is 5.75 Å². The van der Waals surface area contributed by atoms with Gasteiger partial charge >= 0.3 is 17.8 Å². The standard InChI is InChI=1S/C9H7NO7/c1-16-9(13)17-7-3-2-5(8(11)12)4-6(7)10(14)15/h2-4H,1H3,(H,11,12). The quantitative estimate of drug-likeness (QED) is 0.368. The molecule has 17 heavy (non-hydrogen) atoms. The van der Waals surface area contributed by atoms with Gasteiger partial charge in [0.1, 0.15) is 0 Å². The summed E-state index contributed by atoms with van der Waals surface area (Å²) < 4.78 is 8.66. The number of nitrogens with zero attached hydrogens (tertiary/aromatic N) is 1. The second-order valence-corrected chi connectivity index (χ2v) is 2.80. The van der Waals surface area contributed by atoms with Crippen molar-refractivity contribution in [3.63, 3.8) is 0 Å². The number of aromatic carboxylic acids is 1. The Labute approximate surface area is 94.5 Å². The fourth-order valence-corrected chi connectivity index (χ4v) is 1.01. The predicted molar refractivity (Wildman–Crippen MR) is 53.1 cm³/mol. The van der Waals surface area contributed by atoms with Crippen molar-refractivity contribution >= 4 is 17.8 Å². The van der Waals surface area contributed by atoms with Gasteiger partial charge in [-0.3, -0.25) is 10.1 Å². The molecule has 1 aromatic rings. The number of nitro benzene ring substituents is 1. The van der Waals surface area contributed by atoms with Gasteiger partial charge in [-0.05, 0) is 12.1 Å². The molecule has 8 nitrogen and oxygen atoms in total. The van der Waals surface area contributed by atoms with Crippen molar-refractivity contribution in [3.8, 4) is 5.75 Å². The maximum atomic E-state index is 10.8. The van der Waals surface area contributed by atoms with E-state index < -0.39 is 22.7 Å². The van der Waals surface area contributed by atoms with E-state index in [1.165, 1.54) is 0 Å². The highest BCUT2D eigenvalue weighted by atomic mass is 16.7. The highest BCUT2D eigenvalue weighted by Crippen LogP contribution is 2.28. The van der Waals surface area contributed by atoms with Crippen LogP contribution in [0.15, 0.2) is 18.2 Å². The number of nitro groups is 1. The van der Waals surface area contributed by atoms with Gasteiger partial charge in [-0.15, -0.1) is 0 Å². The van der Waals surface area contributed by atoms with Gasteiger partial charge in [0.05, 0.1) is 17.6 Å². The number of carbonyl (C=O) groups excluding carboxylic acids is 1. The zero-order valence-electron chi connectivity index (χ0n) is 8.58. The smallest absolute Gasteiger partial charge is 0.478 e. The minimum atomic E-state index is -1.32. The van der Waals surface area contributed by atoms with E-state index in [0.717, 1.165) is 25.3 Å². The molecule has 0 heterocycles. The number of carboxylic acids is 1. The Morgan fingerprint density at radius 3 is 2.53 bits per heavy atom. The minimum Gasteiger partial charge on any atom is -0.478 e. The first kappa shape index (κ1) is 12.4. The van der Waals surface area contributed by atoms with Gasteiger partial charge in [-0.2, -0.15) is 0 Å². The summed E-state index contributed by atoms with van der Waals surface area (Å²) in [5, 5.41) is 19.3. The number of benzene rings is 1. The van der Waals surface area contributed by atoms with Crippen molar-refractivity contribution in [2.45, 2.75) is 0 Å². The number of methoxy groups -OCH3 is 1. The molecule has 0 saturated carbocycles. The van der Waals surface area contributed by atoms with Crippen molar-refractivity contribution < 1.29 is 29.1 Å². The largest absolute Gasteiger partial charge is 0.513 e. The monoisotopic (exact) mass is 241 g/mol. The number of carboxylic acid groups (broad SMARTS) is 1. The number of hydrogen-bond donors (Lipinski definition) is 1. The zero-order chi connectivity index (χ0) is 13.0. The summed E-state index contributed by atoms with van der Waals surface area (Å²) in [4.78, 5) is 31.2.